The van der Waals surface area contributed by atoms with Crippen LogP contribution in [0.1, 0.15) is 13.8 Å². The summed E-state index contributed by atoms with van der Waals surface area (Å²) in [6, 6.07) is -0.0463. The Morgan fingerprint density at radius 3 is 2.67 bits per heavy atom. The van der Waals surface area contributed by atoms with Gasteiger partial charge in [-0.05, 0) is 23.8 Å². The number of carbonyl (C=O) groups excluding carboxylic acids is 1. The van der Waals surface area contributed by atoms with Gasteiger partial charge in [-0.15, -0.1) is 0 Å². The van der Waals surface area contributed by atoms with E-state index in [1.54, 1.807) is 0 Å². The molecule has 1 heterocycles. The van der Waals surface area contributed by atoms with Crippen LogP contribution in [0.2, 0.25) is 0 Å². The van der Waals surface area contributed by atoms with Gasteiger partial charge >= 0.3 is 5.97 Å². The number of nitrogens with one attached hydrogen (secondary N) is 1. The molecule has 1 aliphatic carbocycles. The van der Waals surface area contributed by atoms with Gasteiger partial charge in [0.05, 0.1) is 7.11 Å². The number of piperidine rings is 1. The summed E-state index contributed by atoms with van der Waals surface area (Å²) in [5.74, 6) is 1.08. The van der Waals surface area contributed by atoms with E-state index in [4.69, 9.17) is 4.74 Å². The normalized spacial score (nSPS) is 42.1. The number of carbonyl (C=O) groups is 1. The van der Waals surface area contributed by atoms with E-state index in [0.29, 0.717) is 17.3 Å². The third kappa shape index (κ3) is 0.829. The molecule has 3 atom stereocenters. The topological polar surface area (TPSA) is 38.3 Å². The maximum Gasteiger partial charge on any atom is 0.323 e. The average Bonchev–Trinajstić information content (AvgIpc) is 2.52. The van der Waals surface area contributed by atoms with Crippen molar-refractivity contribution >= 4 is 5.97 Å². The van der Waals surface area contributed by atoms with Gasteiger partial charge in [-0.2, -0.15) is 0 Å². The summed E-state index contributed by atoms with van der Waals surface area (Å²) in [4.78, 5) is 11.3. The summed E-state index contributed by atoms with van der Waals surface area (Å²) < 4.78 is 4.72. The maximum atomic E-state index is 11.3. The van der Waals surface area contributed by atoms with E-state index in [1.807, 2.05) is 0 Å². The van der Waals surface area contributed by atoms with Gasteiger partial charge in [0.2, 0.25) is 0 Å². The molecule has 0 amide bonds. The van der Waals surface area contributed by atoms with E-state index in [1.165, 1.54) is 7.11 Å². The Kier molecular flexibility index (Phi) is 1.49. The number of fused-ring (bicyclic) bond motifs is 1. The molecule has 3 heteroatoms. The van der Waals surface area contributed by atoms with Gasteiger partial charge in [0.1, 0.15) is 6.04 Å². The number of rotatable bonds is 1. The van der Waals surface area contributed by atoms with Gasteiger partial charge in [0.15, 0.2) is 0 Å². The molecule has 1 saturated heterocycles. The number of esters is 1. The highest BCUT2D eigenvalue weighted by Crippen LogP contribution is 2.62. The summed E-state index contributed by atoms with van der Waals surface area (Å²) in [7, 11) is 1.45. The molecule has 3 nitrogen and oxygen atoms in total. The quantitative estimate of drug-likeness (QED) is 0.577. The molecule has 0 aromatic rings. The molecule has 1 unspecified atom stereocenters. The minimum atomic E-state index is -0.104. The summed E-state index contributed by atoms with van der Waals surface area (Å²) in [6.45, 7) is 5.41. The van der Waals surface area contributed by atoms with Crippen LogP contribution in [0.25, 0.3) is 0 Å². The van der Waals surface area contributed by atoms with E-state index >= 15 is 0 Å². The van der Waals surface area contributed by atoms with Crippen molar-refractivity contribution in [2.75, 3.05) is 13.7 Å². The number of methoxy groups -OCH3 is 1. The molecule has 0 aromatic heterocycles. The van der Waals surface area contributed by atoms with Crippen LogP contribution in [-0.4, -0.2) is 25.7 Å². The van der Waals surface area contributed by atoms with Crippen LogP contribution in [0.3, 0.4) is 0 Å². The molecule has 12 heavy (non-hydrogen) atoms. The van der Waals surface area contributed by atoms with Gasteiger partial charge in [0, 0.05) is 0 Å². The van der Waals surface area contributed by atoms with Crippen LogP contribution < -0.4 is 5.32 Å². The molecule has 68 valence electrons. The third-order valence-corrected chi connectivity index (χ3v) is 3.51. The molecule has 2 aliphatic rings. The van der Waals surface area contributed by atoms with Crippen molar-refractivity contribution in [1.29, 1.82) is 0 Å². The van der Waals surface area contributed by atoms with Crippen molar-refractivity contribution in [2.45, 2.75) is 19.9 Å². The van der Waals surface area contributed by atoms with Crippen molar-refractivity contribution in [3.05, 3.63) is 0 Å². The van der Waals surface area contributed by atoms with E-state index < -0.39 is 0 Å². The second-order valence-electron chi connectivity index (χ2n) is 4.36. The van der Waals surface area contributed by atoms with E-state index in [-0.39, 0.29) is 12.0 Å². The maximum absolute atomic E-state index is 11.3. The lowest BCUT2D eigenvalue weighted by atomic mass is 10.0. The Hall–Kier alpha value is -0.570. The first-order valence-corrected chi connectivity index (χ1v) is 4.40. The van der Waals surface area contributed by atoms with Gasteiger partial charge in [-0.3, -0.25) is 4.79 Å². The number of ether oxygens (including phenoxy) is 1. The van der Waals surface area contributed by atoms with Gasteiger partial charge < -0.3 is 10.1 Å². The van der Waals surface area contributed by atoms with Crippen LogP contribution in [0.5, 0.6) is 0 Å². The summed E-state index contributed by atoms with van der Waals surface area (Å²) in [5.41, 5.74) is 0.351. The Labute approximate surface area is 72.5 Å². The molecule has 1 saturated carbocycles. The lowest BCUT2D eigenvalue weighted by Crippen LogP contribution is -2.38. The second-order valence-corrected chi connectivity index (χ2v) is 4.36. The largest absolute Gasteiger partial charge is 0.468 e. The third-order valence-electron chi connectivity index (χ3n) is 3.51. The van der Waals surface area contributed by atoms with Crippen LogP contribution in [0.15, 0.2) is 0 Å². The van der Waals surface area contributed by atoms with Crippen molar-refractivity contribution in [2.24, 2.45) is 17.3 Å². The fourth-order valence-electron chi connectivity index (χ4n) is 2.58. The molecular weight excluding hydrogens is 154 g/mol. The van der Waals surface area contributed by atoms with E-state index in [2.05, 4.69) is 19.2 Å². The molecule has 0 radical (unpaired) electrons. The number of hydrogen-bond donors (Lipinski definition) is 1. The highest BCUT2D eigenvalue weighted by molar-refractivity contribution is 5.77. The molecule has 0 aromatic carbocycles. The molecule has 1 aliphatic heterocycles. The zero-order chi connectivity index (χ0) is 8.93. The first kappa shape index (κ1) is 8.05. The standard InChI is InChI=1S/C9H15NO2/c1-9(2)5-4-10-7(6(5)9)8(11)12-3/h5-7,10H,4H2,1-3H3/t5-,6+,7?/m0/s1. The Morgan fingerprint density at radius 1 is 1.58 bits per heavy atom. The first-order valence-electron chi connectivity index (χ1n) is 4.40. The van der Waals surface area contributed by atoms with Gasteiger partial charge in [0.25, 0.3) is 0 Å². The molecule has 0 bridgehead atoms. The summed E-state index contributed by atoms with van der Waals surface area (Å²) in [6.07, 6.45) is 0. The number of hydrogen-bond acceptors (Lipinski definition) is 3. The molecule has 0 spiro atoms. The first-order chi connectivity index (χ1) is 5.59. The van der Waals surface area contributed by atoms with Crippen LogP contribution >= 0.6 is 0 Å². The minimum absolute atomic E-state index is 0.0463. The van der Waals surface area contributed by atoms with Crippen LogP contribution in [-0.2, 0) is 9.53 Å². The minimum Gasteiger partial charge on any atom is -0.468 e. The monoisotopic (exact) mass is 169 g/mol. The van der Waals surface area contributed by atoms with Crippen LogP contribution in [0, 0.1) is 17.3 Å². The molecular formula is C9H15NO2. The Bertz CT molecular complexity index is 225. The van der Waals surface area contributed by atoms with E-state index in [9.17, 15) is 4.79 Å². The van der Waals surface area contributed by atoms with Crippen LogP contribution in [0.4, 0.5) is 0 Å². The lowest BCUT2D eigenvalue weighted by molar-refractivity contribution is -0.143. The zero-order valence-electron chi connectivity index (χ0n) is 7.76. The smallest absolute Gasteiger partial charge is 0.323 e. The van der Waals surface area contributed by atoms with Crippen molar-refractivity contribution in [1.82, 2.24) is 5.32 Å². The SMILES string of the molecule is COC(=O)C1NC[C@H]2[C@H]1C2(C)C. The van der Waals surface area contributed by atoms with Crippen molar-refractivity contribution in [3.8, 4) is 0 Å². The van der Waals surface area contributed by atoms with Gasteiger partial charge in [-0.25, -0.2) is 0 Å². The highest BCUT2D eigenvalue weighted by Gasteiger charge is 2.66. The molecule has 2 fully saturated rings. The van der Waals surface area contributed by atoms with Gasteiger partial charge in [-0.1, -0.05) is 13.8 Å². The molecule has 1 N–H and O–H groups in total. The fourth-order valence-corrected chi connectivity index (χ4v) is 2.58. The Balaban J connectivity index is 2.08. The lowest BCUT2D eigenvalue weighted by Gasteiger charge is -2.16. The van der Waals surface area contributed by atoms with E-state index in [0.717, 1.165) is 6.54 Å². The predicted octanol–water partition coefficient (Wildman–Crippen LogP) is 0.403. The second kappa shape index (κ2) is 2.22. The van der Waals surface area contributed by atoms with Crippen molar-refractivity contribution in [3.63, 3.8) is 0 Å². The van der Waals surface area contributed by atoms with Crippen molar-refractivity contribution < 1.29 is 9.53 Å². The zero-order valence-corrected chi connectivity index (χ0v) is 7.76. The summed E-state index contributed by atoms with van der Waals surface area (Å²) in [5, 5.41) is 3.19. The molecule has 2 rings (SSSR count). The summed E-state index contributed by atoms with van der Waals surface area (Å²) >= 11 is 0. The Morgan fingerprint density at radius 2 is 2.25 bits per heavy atom. The average molecular weight is 169 g/mol. The fraction of sp³-hybridized carbons (Fsp3) is 0.889. The highest BCUT2D eigenvalue weighted by atomic mass is 16.5. The predicted molar refractivity (Wildman–Crippen MR) is 44.6 cm³/mol.